The van der Waals surface area contributed by atoms with E-state index in [1.807, 2.05) is 24.0 Å². The summed E-state index contributed by atoms with van der Waals surface area (Å²) < 4.78 is 5.33. The van der Waals surface area contributed by atoms with Crippen molar-refractivity contribution in [2.45, 2.75) is 25.8 Å². The summed E-state index contributed by atoms with van der Waals surface area (Å²) in [4.78, 5) is 18.5. The third-order valence-corrected chi connectivity index (χ3v) is 5.88. The Kier molecular flexibility index (Phi) is 3.02. The number of aromatic amines is 1. The molecular weight excluding hydrogens is 316 g/mol. The lowest BCUT2D eigenvalue weighted by atomic mass is 9.77. The minimum Gasteiger partial charge on any atom is -0.481 e. The maximum absolute atomic E-state index is 13.1. The van der Waals surface area contributed by atoms with Crippen LogP contribution in [0.15, 0.2) is 47.4 Å². The highest BCUT2D eigenvalue weighted by Gasteiger charge is 2.46. The number of hydrogen-bond acceptors (Lipinski definition) is 3. The van der Waals surface area contributed by atoms with Gasteiger partial charge in [-0.25, -0.2) is 0 Å². The van der Waals surface area contributed by atoms with Gasteiger partial charge in [-0.05, 0) is 37.0 Å². The normalized spacial score (nSPS) is 27.2. The molecule has 5 heteroatoms. The molecule has 3 aliphatic rings. The SMILES string of the molecule is C/C=C1\COC(O)=C2C(=O)N3CCc4c([nH]c5ccccc45)[C@@H]3C[C@H]21. The van der Waals surface area contributed by atoms with Crippen molar-refractivity contribution in [1.29, 1.82) is 0 Å². The Morgan fingerprint density at radius 1 is 1.36 bits per heavy atom. The molecule has 2 N–H and O–H groups in total. The minimum absolute atomic E-state index is 0.0262. The number of allylic oxidation sites excluding steroid dienone is 1. The predicted octanol–water partition coefficient (Wildman–Crippen LogP) is 3.36. The fourth-order valence-electron chi connectivity index (χ4n) is 4.64. The van der Waals surface area contributed by atoms with E-state index in [-0.39, 0.29) is 23.8 Å². The fraction of sp³-hybridized carbons (Fsp3) is 0.350. The number of carbonyl (C=O) groups excluding carboxylic acids is 1. The molecule has 2 aromatic rings. The van der Waals surface area contributed by atoms with E-state index >= 15 is 0 Å². The largest absolute Gasteiger partial charge is 0.481 e. The number of carbonyl (C=O) groups is 1. The van der Waals surface area contributed by atoms with E-state index in [0.717, 1.165) is 29.6 Å². The zero-order chi connectivity index (χ0) is 17.1. The molecule has 1 amide bonds. The Balaban J connectivity index is 1.65. The maximum Gasteiger partial charge on any atom is 0.286 e. The number of nitrogens with one attached hydrogen (secondary N) is 1. The van der Waals surface area contributed by atoms with E-state index in [1.165, 1.54) is 10.9 Å². The van der Waals surface area contributed by atoms with Crippen molar-refractivity contribution in [3.63, 3.8) is 0 Å². The lowest BCUT2D eigenvalue weighted by Crippen LogP contribution is -2.48. The lowest BCUT2D eigenvalue weighted by Gasteiger charge is -2.44. The number of para-hydroxylation sites is 1. The monoisotopic (exact) mass is 336 g/mol. The summed E-state index contributed by atoms with van der Waals surface area (Å²) in [5.74, 6) is -0.353. The first-order chi connectivity index (χ1) is 12.2. The molecule has 1 aromatic carbocycles. The number of aliphatic hydroxyl groups is 1. The highest BCUT2D eigenvalue weighted by molar-refractivity contribution is 5.97. The van der Waals surface area contributed by atoms with Gasteiger partial charge in [0, 0.05) is 29.1 Å². The van der Waals surface area contributed by atoms with Crippen LogP contribution in [-0.4, -0.2) is 34.0 Å². The molecule has 0 spiro atoms. The second kappa shape index (κ2) is 5.15. The summed E-state index contributed by atoms with van der Waals surface area (Å²) in [6.07, 6.45) is 3.63. The van der Waals surface area contributed by atoms with Crippen LogP contribution in [0.2, 0.25) is 0 Å². The number of fused-ring (bicyclic) bond motifs is 6. The van der Waals surface area contributed by atoms with Gasteiger partial charge in [-0.1, -0.05) is 24.3 Å². The first-order valence-electron chi connectivity index (χ1n) is 8.80. The molecule has 128 valence electrons. The molecular formula is C20H20N2O3. The Morgan fingerprint density at radius 3 is 3.04 bits per heavy atom. The number of aliphatic hydroxyl groups excluding tert-OH is 1. The summed E-state index contributed by atoms with van der Waals surface area (Å²) in [6, 6.07) is 8.35. The van der Waals surface area contributed by atoms with Gasteiger partial charge in [-0.3, -0.25) is 4.79 Å². The van der Waals surface area contributed by atoms with Gasteiger partial charge in [0.2, 0.25) is 0 Å². The Morgan fingerprint density at radius 2 is 2.20 bits per heavy atom. The number of H-pyrrole nitrogens is 1. The number of ether oxygens (including phenoxy) is 1. The van der Waals surface area contributed by atoms with E-state index in [4.69, 9.17) is 4.74 Å². The smallest absolute Gasteiger partial charge is 0.286 e. The summed E-state index contributed by atoms with van der Waals surface area (Å²) in [6.45, 7) is 2.99. The van der Waals surface area contributed by atoms with Gasteiger partial charge in [0.1, 0.15) is 12.2 Å². The van der Waals surface area contributed by atoms with Crippen LogP contribution in [0, 0.1) is 5.92 Å². The fourth-order valence-corrected chi connectivity index (χ4v) is 4.64. The zero-order valence-electron chi connectivity index (χ0n) is 14.1. The lowest BCUT2D eigenvalue weighted by molar-refractivity contribution is -0.134. The number of piperidine rings is 1. The van der Waals surface area contributed by atoms with Gasteiger partial charge < -0.3 is 19.7 Å². The summed E-state index contributed by atoms with van der Waals surface area (Å²) in [7, 11) is 0. The molecule has 2 atom stereocenters. The quantitative estimate of drug-likeness (QED) is 0.725. The second-order valence-electron chi connectivity index (χ2n) is 6.99. The van der Waals surface area contributed by atoms with Crippen LogP contribution in [0.25, 0.3) is 10.9 Å². The number of rotatable bonds is 0. The molecule has 0 saturated carbocycles. The van der Waals surface area contributed by atoms with E-state index in [1.54, 1.807) is 0 Å². The topological polar surface area (TPSA) is 65.6 Å². The molecule has 25 heavy (non-hydrogen) atoms. The number of aromatic nitrogens is 1. The molecule has 5 rings (SSSR count). The number of hydrogen-bond donors (Lipinski definition) is 2. The van der Waals surface area contributed by atoms with Crippen molar-refractivity contribution in [2.24, 2.45) is 5.92 Å². The van der Waals surface area contributed by atoms with Crippen LogP contribution in [0.4, 0.5) is 0 Å². The van der Waals surface area contributed by atoms with Crippen LogP contribution in [0.3, 0.4) is 0 Å². The van der Waals surface area contributed by atoms with Crippen LogP contribution in [-0.2, 0) is 16.0 Å². The molecule has 1 aromatic heterocycles. The van der Waals surface area contributed by atoms with Gasteiger partial charge in [0.15, 0.2) is 0 Å². The first kappa shape index (κ1) is 14.6. The van der Waals surface area contributed by atoms with Gasteiger partial charge >= 0.3 is 0 Å². The van der Waals surface area contributed by atoms with Crippen molar-refractivity contribution >= 4 is 16.8 Å². The molecule has 1 saturated heterocycles. The first-order valence-corrected chi connectivity index (χ1v) is 8.80. The number of benzene rings is 1. The molecule has 3 aliphatic heterocycles. The van der Waals surface area contributed by atoms with Crippen molar-refractivity contribution in [3.05, 3.63) is 58.7 Å². The Labute approximate surface area is 145 Å². The van der Waals surface area contributed by atoms with E-state index in [9.17, 15) is 9.90 Å². The average Bonchev–Trinajstić information content (AvgIpc) is 3.01. The van der Waals surface area contributed by atoms with Crippen LogP contribution >= 0.6 is 0 Å². The van der Waals surface area contributed by atoms with Crippen LogP contribution in [0.1, 0.15) is 30.6 Å². The second-order valence-corrected chi connectivity index (χ2v) is 6.99. The summed E-state index contributed by atoms with van der Waals surface area (Å²) in [5, 5.41) is 11.4. The van der Waals surface area contributed by atoms with E-state index in [0.29, 0.717) is 18.7 Å². The van der Waals surface area contributed by atoms with Gasteiger partial charge in [-0.15, -0.1) is 0 Å². The third-order valence-electron chi connectivity index (χ3n) is 5.88. The van der Waals surface area contributed by atoms with Crippen molar-refractivity contribution in [1.82, 2.24) is 9.88 Å². The Bertz CT molecular complexity index is 953. The average molecular weight is 336 g/mol. The summed E-state index contributed by atoms with van der Waals surface area (Å²) in [5.41, 5.74) is 5.11. The standard InChI is InChI=1S/C20H20N2O3/c1-2-11-10-25-20(24)17-14(11)9-16-18-13(7-8-22(16)19(17)23)12-5-3-4-6-15(12)21-18/h2-6,14,16,21,24H,7-10H2,1H3/b11-2+/t14-,16-/m0/s1. The van der Waals surface area contributed by atoms with Crippen molar-refractivity contribution in [2.75, 3.05) is 13.2 Å². The predicted molar refractivity (Wildman–Crippen MR) is 93.9 cm³/mol. The van der Waals surface area contributed by atoms with E-state index in [2.05, 4.69) is 23.2 Å². The zero-order valence-corrected chi connectivity index (χ0v) is 14.1. The van der Waals surface area contributed by atoms with Gasteiger partial charge in [0.25, 0.3) is 11.9 Å². The van der Waals surface area contributed by atoms with Crippen molar-refractivity contribution < 1.29 is 14.6 Å². The van der Waals surface area contributed by atoms with Gasteiger partial charge in [-0.2, -0.15) is 0 Å². The van der Waals surface area contributed by atoms with Crippen molar-refractivity contribution in [3.8, 4) is 0 Å². The van der Waals surface area contributed by atoms with Crippen LogP contribution < -0.4 is 0 Å². The molecule has 0 radical (unpaired) electrons. The Hall–Kier alpha value is -2.69. The molecule has 0 bridgehead atoms. The maximum atomic E-state index is 13.1. The molecule has 4 heterocycles. The highest BCUT2D eigenvalue weighted by Crippen LogP contribution is 2.47. The van der Waals surface area contributed by atoms with Crippen LogP contribution in [0.5, 0.6) is 0 Å². The number of amides is 1. The minimum atomic E-state index is -0.193. The third kappa shape index (κ3) is 1.92. The van der Waals surface area contributed by atoms with Gasteiger partial charge in [0.05, 0.1) is 6.04 Å². The highest BCUT2D eigenvalue weighted by atomic mass is 16.6. The van der Waals surface area contributed by atoms with E-state index < -0.39 is 0 Å². The molecule has 0 aliphatic carbocycles. The molecule has 0 unspecified atom stereocenters. The summed E-state index contributed by atoms with van der Waals surface area (Å²) >= 11 is 0. The molecule has 5 nitrogen and oxygen atoms in total. The molecule has 1 fully saturated rings. The number of nitrogens with zero attached hydrogens (tertiary/aromatic N) is 1.